The van der Waals surface area contributed by atoms with Crippen molar-refractivity contribution in [2.45, 2.75) is 38.8 Å². The average molecular weight is 396 g/mol. The molecule has 1 aromatic carbocycles. The Balaban J connectivity index is 1.36. The second-order valence-corrected chi connectivity index (χ2v) is 7.61. The maximum atomic E-state index is 11.6. The highest BCUT2D eigenvalue weighted by Gasteiger charge is 2.29. The Kier molecular flexibility index (Phi) is 5.94. The Labute approximate surface area is 171 Å². The van der Waals surface area contributed by atoms with Crippen LogP contribution in [0.2, 0.25) is 0 Å². The summed E-state index contributed by atoms with van der Waals surface area (Å²) in [5.74, 6) is 2.69. The number of ether oxygens (including phenoxy) is 2. The number of carbonyl (C=O) groups excluding carboxylic acids is 1. The molecule has 2 aliphatic heterocycles. The van der Waals surface area contributed by atoms with Gasteiger partial charge in [0.15, 0.2) is 0 Å². The van der Waals surface area contributed by atoms with E-state index in [1.165, 1.54) is 0 Å². The highest BCUT2D eigenvalue weighted by molar-refractivity contribution is 5.73. The first kappa shape index (κ1) is 19.6. The van der Waals surface area contributed by atoms with Gasteiger partial charge in [0, 0.05) is 44.7 Å². The van der Waals surface area contributed by atoms with Crippen molar-refractivity contribution in [1.29, 1.82) is 0 Å². The number of hydrogen-bond acceptors (Lipinski definition) is 6. The number of hydrogen-bond donors (Lipinski definition) is 0. The van der Waals surface area contributed by atoms with Crippen molar-refractivity contribution < 1.29 is 14.3 Å². The summed E-state index contributed by atoms with van der Waals surface area (Å²) in [5, 5.41) is 0. The molecule has 1 aromatic heterocycles. The highest BCUT2D eigenvalue weighted by Crippen LogP contribution is 2.30. The van der Waals surface area contributed by atoms with Crippen LogP contribution in [0.5, 0.6) is 11.5 Å². The van der Waals surface area contributed by atoms with Crippen LogP contribution < -0.4 is 9.47 Å². The number of rotatable bonds is 6. The largest absolute Gasteiger partial charge is 0.497 e. The lowest BCUT2D eigenvalue weighted by Gasteiger charge is -2.28. The zero-order valence-corrected chi connectivity index (χ0v) is 17.1. The molecular formula is C22H28N4O3. The monoisotopic (exact) mass is 396 g/mol. The van der Waals surface area contributed by atoms with E-state index in [4.69, 9.17) is 14.5 Å². The van der Waals surface area contributed by atoms with Gasteiger partial charge in [-0.3, -0.25) is 9.69 Å². The summed E-state index contributed by atoms with van der Waals surface area (Å²) in [6.07, 6.45) is 4.93. The Bertz CT molecular complexity index is 856. The zero-order valence-electron chi connectivity index (χ0n) is 17.1. The van der Waals surface area contributed by atoms with E-state index < -0.39 is 0 Å². The first-order valence-electron chi connectivity index (χ1n) is 10.2. The highest BCUT2D eigenvalue weighted by atomic mass is 16.5. The second-order valence-electron chi connectivity index (χ2n) is 7.61. The molecule has 1 atom stereocenters. The number of fused-ring (bicyclic) bond motifs is 1. The summed E-state index contributed by atoms with van der Waals surface area (Å²) >= 11 is 0. The van der Waals surface area contributed by atoms with Crippen LogP contribution in [0.1, 0.15) is 42.9 Å². The molecule has 0 saturated carbocycles. The standard InChI is InChI=1S/C22H28N4O3/c1-16(27)26-11-9-20-17(15-26)14-23-22(24-20)21-4-3-10-25(21)12-13-29-19-7-5-18(28-2)6-8-19/h5-8,14,21H,3-4,9-13,15H2,1-2H3/t21-/m0/s1. The van der Waals surface area contributed by atoms with Crippen LogP contribution in [0, 0.1) is 0 Å². The van der Waals surface area contributed by atoms with Gasteiger partial charge in [0.2, 0.25) is 5.91 Å². The number of amides is 1. The molecule has 1 saturated heterocycles. The van der Waals surface area contributed by atoms with Crippen molar-refractivity contribution in [2.75, 3.05) is 33.4 Å². The Morgan fingerprint density at radius 1 is 1.21 bits per heavy atom. The molecule has 3 heterocycles. The molecule has 1 fully saturated rings. The van der Waals surface area contributed by atoms with Gasteiger partial charge < -0.3 is 14.4 Å². The van der Waals surface area contributed by atoms with Gasteiger partial charge in [0.25, 0.3) is 0 Å². The lowest BCUT2D eigenvalue weighted by atomic mass is 10.1. The van der Waals surface area contributed by atoms with E-state index in [0.717, 1.165) is 67.5 Å². The van der Waals surface area contributed by atoms with Crippen LogP contribution in [0.25, 0.3) is 0 Å². The van der Waals surface area contributed by atoms with Crippen LogP contribution in [-0.4, -0.2) is 59.0 Å². The molecule has 4 rings (SSSR count). The SMILES string of the molecule is COc1ccc(OCCN2CCC[C@H]2c2ncc3c(n2)CCN(C(C)=O)C3)cc1. The number of likely N-dealkylation sites (tertiary alicyclic amines) is 1. The lowest BCUT2D eigenvalue weighted by Crippen LogP contribution is -2.35. The van der Waals surface area contributed by atoms with Crippen LogP contribution in [0.3, 0.4) is 0 Å². The fourth-order valence-corrected chi connectivity index (χ4v) is 4.10. The third-order valence-corrected chi connectivity index (χ3v) is 5.77. The summed E-state index contributed by atoms with van der Waals surface area (Å²) in [5.41, 5.74) is 2.16. The second kappa shape index (κ2) is 8.78. The molecule has 29 heavy (non-hydrogen) atoms. The Morgan fingerprint density at radius 2 is 2.00 bits per heavy atom. The van der Waals surface area contributed by atoms with E-state index in [9.17, 15) is 4.79 Å². The van der Waals surface area contributed by atoms with Crippen molar-refractivity contribution in [2.24, 2.45) is 0 Å². The van der Waals surface area contributed by atoms with Crippen LogP contribution in [0.15, 0.2) is 30.5 Å². The summed E-state index contributed by atoms with van der Waals surface area (Å²) in [6.45, 7) is 5.48. The quantitative estimate of drug-likeness (QED) is 0.748. The number of methoxy groups -OCH3 is 1. The van der Waals surface area contributed by atoms with Gasteiger partial charge >= 0.3 is 0 Å². The zero-order chi connectivity index (χ0) is 20.2. The molecule has 0 N–H and O–H groups in total. The van der Waals surface area contributed by atoms with Crippen LogP contribution in [-0.2, 0) is 17.8 Å². The molecule has 0 bridgehead atoms. The van der Waals surface area contributed by atoms with Gasteiger partial charge in [-0.05, 0) is 43.7 Å². The van der Waals surface area contributed by atoms with Gasteiger partial charge in [-0.2, -0.15) is 0 Å². The first-order chi connectivity index (χ1) is 14.1. The minimum atomic E-state index is 0.110. The van der Waals surface area contributed by atoms with E-state index in [2.05, 4.69) is 9.88 Å². The molecular weight excluding hydrogens is 368 g/mol. The van der Waals surface area contributed by atoms with Crippen molar-refractivity contribution in [3.63, 3.8) is 0 Å². The molecule has 0 spiro atoms. The molecule has 7 nitrogen and oxygen atoms in total. The number of aromatic nitrogens is 2. The molecule has 7 heteroatoms. The van der Waals surface area contributed by atoms with Gasteiger partial charge in [-0.25, -0.2) is 9.97 Å². The summed E-state index contributed by atoms with van der Waals surface area (Å²) in [4.78, 5) is 25.4. The van der Waals surface area contributed by atoms with Gasteiger partial charge in [-0.15, -0.1) is 0 Å². The number of nitrogens with zero attached hydrogens (tertiary/aromatic N) is 4. The fraction of sp³-hybridized carbons (Fsp3) is 0.500. The summed E-state index contributed by atoms with van der Waals surface area (Å²) in [7, 11) is 1.66. The predicted molar refractivity (Wildman–Crippen MR) is 109 cm³/mol. The third-order valence-electron chi connectivity index (χ3n) is 5.77. The van der Waals surface area contributed by atoms with Crippen molar-refractivity contribution in [3.8, 4) is 11.5 Å². The predicted octanol–water partition coefficient (Wildman–Crippen LogP) is 2.61. The van der Waals surface area contributed by atoms with Crippen molar-refractivity contribution in [1.82, 2.24) is 19.8 Å². The van der Waals surface area contributed by atoms with Crippen molar-refractivity contribution >= 4 is 5.91 Å². The summed E-state index contributed by atoms with van der Waals surface area (Å²) < 4.78 is 11.1. The smallest absolute Gasteiger partial charge is 0.219 e. The first-order valence-corrected chi connectivity index (χ1v) is 10.2. The van der Waals surface area contributed by atoms with Gasteiger partial charge in [-0.1, -0.05) is 0 Å². The number of benzene rings is 1. The van der Waals surface area contributed by atoms with E-state index in [-0.39, 0.29) is 11.9 Å². The molecule has 2 aromatic rings. The molecule has 154 valence electrons. The van der Waals surface area contributed by atoms with Crippen LogP contribution in [0.4, 0.5) is 0 Å². The van der Waals surface area contributed by atoms with E-state index in [1.54, 1.807) is 14.0 Å². The average Bonchev–Trinajstić information content (AvgIpc) is 3.22. The molecule has 1 amide bonds. The van der Waals surface area contributed by atoms with E-state index in [0.29, 0.717) is 13.2 Å². The maximum absolute atomic E-state index is 11.6. The summed E-state index contributed by atoms with van der Waals surface area (Å²) in [6, 6.07) is 7.91. The normalized spacial score (nSPS) is 19.1. The van der Waals surface area contributed by atoms with Gasteiger partial charge in [0.05, 0.1) is 18.8 Å². The van der Waals surface area contributed by atoms with Gasteiger partial charge in [0.1, 0.15) is 23.9 Å². The molecule has 0 unspecified atom stereocenters. The number of carbonyl (C=O) groups is 1. The van der Waals surface area contributed by atoms with E-state index in [1.807, 2.05) is 35.4 Å². The minimum absolute atomic E-state index is 0.110. The maximum Gasteiger partial charge on any atom is 0.219 e. The molecule has 2 aliphatic rings. The molecule has 0 aliphatic carbocycles. The fourth-order valence-electron chi connectivity index (χ4n) is 4.10. The lowest BCUT2D eigenvalue weighted by molar-refractivity contribution is -0.129. The van der Waals surface area contributed by atoms with Crippen LogP contribution >= 0.6 is 0 Å². The Morgan fingerprint density at radius 3 is 2.76 bits per heavy atom. The topological polar surface area (TPSA) is 67.8 Å². The van der Waals surface area contributed by atoms with Crippen molar-refractivity contribution in [3.05, 3.63) is 47.5 Å². The molecule has 0 radical (unpaired) electrons. The minimum Gasteiger partial charge on any atom is -0.497 e. The van der Waals surface area contributed by atoms with E-state index >= 15 is 0 Å². The third kappa shape index (κ3) is 4.50. The Hall–Kier alpha value is -2.67.